The minimum Gasteiger partial charge on any atom is -0.466 e. The van der Waals surface area contributed by atoms with Crippen molar-refractivity contribution in [2.24, 2.45) is 0 Å². The molecular weight excluding hydrogens is 331 g/mol. The van der Waals surface area contributed by atoms with Gasteiger partial charge in [0.25, 0.3) is 0 Å². The molecule has 0 unspecified atom stereocenters. The highest BCUT2D eigenvalue weighted by atomic mass is 35.5. The van der Waals surface area contributed by atoms with Crippen molar-refractivity contribution in [2.75, 3.05) is 13.2 Å². The second-order valence-corrected chi connectivity index (χ2v) is 5.51. The van der Waals surface area contributed by atoms with Crippen LogP contribution in [0.25, 0.3) is 0 Å². The number of carbonyl (C=O) groups is 1. The Morgan fingerprint density at radius 1 is 1.33 bits per heavy atom. The number of halogens is 2. The van der Waals surface area contributed by atoms with E-state index in [0.29, 0.717) is 47.7 Å². The van der Waals surface area contributed by atoms with Gasteiger partial charge in [0.15, 0.2) is 5.11 Å². The molecule has 0 aliphatic heterocycles. The summed E-state index contributed by atoms with van der Waals surface area (Å²) >= 11 is 17.0. The summed E-state index contributed by atoms with van der Waals surface area (Å²) in [5.74, 6) is -0.189. The third kappa shape index (κ3) is 7.50. The molecular formula is C14H18Cl2N2O2S. The third-order valence-electron chi connectivity index (χ3n) is 2.60. The van der Waals surface area contributed by atoms with Crippen molar-refractivity contribution in [3.8, 4) is 0 Å². The van der Waals surface area contributed by atoms with E-state index >= 15 is 0 Å². The van der Waals surface area contributed by atoms with Crippen LogP contribution >= 0.6 is 35.4 Å². The molecule has 4 nitrogen and oxygen atoms in total. The first kappa shape index (κ1) is 18.0. The molecule has 0 spiro atoms. The average Bonchev–Trinajstić information content (AvgIpc) is 2.43. The molecule has 0 bridgehead atoms. The minimum absolute atomic E-state index is 0.189. The zero-order valence-corrected chi connectivity index (χ0v) is 14.1. The van der Waals surface area contributed by atoms with Crippen LogP contribution in [0, 0.1) is 0 Å². The highest BCUT2D eigenvalue weighted by Gasteiger charge is 2.03. The fraction of sp³-hybridized carbons (Fsp3) is 0.429. The van der Waals surface area contributed by atoms with Gasteiger partial charge >= 0.3 is 5.97 Å². The number of hydrogen-bond donors (Lipinski definition) is 2. The van der Waals surface area contributed by atoms with E-state index in [1.54, 1.807) is 19.1 Å². The van der Waals surface area contributed by atoms with Crippen LogP contribution in [0.4, 0.5) is 0 Å². The SMILES string of the molecule is CCOC(=O)CCCNC(=S)NCc1ccc(Cl)cc1Cl. The van der Waals surface area contributed by atoms with Gasteiger partial charge in [0.2, 0.25) is 0 Å². The van der Waals surface area contributed by atoms with Crippen LogP contribution in [-0.4, -0.2) is 24.2 Å². The van der Waals surface area contributed by atoms with Crippen molar-refractivity contribution in [1.29, 1.82) is 0 Å². The molecule has 1 aromatic rings. The zero-order valence-electron chi connectivity index (χ0n) is 11.7. The van der Waals surface area contributed by atoms with Gasteiger partial charge in [-0.05, 0) is 43.3 Å². The standard InChI is InChI=1S/C14H18Cl2N2O2S/c1-2-20-13(19)4-3-7-17-14(21)18-9-10-5-6-11(15)8-12(10)16/h5-6,8H,2-4,7,9H2,1H3,(H2,17,18,21). The molecule has 0 aromatic heterocycles. The van der Waals surface area contributed by atoms with Gasteiger partial charge in [-0.2, -0.15) is 0 Å². The molecule has 1 aromatic carbocycles. The van der Waals surface area contributed by atoms with E-state index in [4.69, 9.17) is 40.2 Å². The van der Waals surface area contributed by atoms with Crippen LogP contribution in [0.2, 0.25) is 10.0 Å². The minimum atomic E-state index is -0.189. The number of benzene rings is 1. The molecule has 0 fully saturated rings. The molecule has 0 radical (unpaired) electrons. The number of hydrogen-bond acceptors (Lipinski definition) is 3. The lowest BCUT2D eigenvalue weighted by atomic mass is 10.2. The summed E-state index contributed by atoms with van der Waals surface area (Å²) in [5, 5.41) is 7.79. The normalized spacial score (nSPS) is 10.0. The molecule has 0 heterocycles. The van der Waals surface area contributed by atoms with Crippen LogP contribution in [0.15, 0.2) is 18.2 Å². The van der Waals surface area contributed by atoms with E-state index < -0.39 is 0 Å². The summed E-state index contributed by atoms with van der Waals surface area (Å²) in [4.78, 5) is 11.1. The molecule has 2 N–H and O–H groups in total. The molecule has 116 valence electrons. The number of carbonyl (C=O) groups excluding carboxylic acids is 1. The predicted molar refractivity (Wildman–Crippen MR) is 89.8 cm³/mol. The van der Waals surface area contributed by atoms with E-state index in [0.717, 1.165) is 5.56 Å². The van der Waals surface area contributed by atoms with E-state index in [1.165, 1.54) is 0 Å². The molecule has 0 atom stereocenters. The number of thiocarbonyl (C=S) groups is 1. The summed E-state index contributed by atoms with van der Waals surface area (Å²) in [7, 11) is 0. The van der Waals surface area contributed by atoms with Crippen LogP contribution in [-0.2, 0) is 16.1 Å². The number of rotatable bonds is 7. The number of nitrogens with one attached hydrogen (secondary N) is 2. The smallest absolute Gasteiger partial charge is 0.305 e. The van der Waals surface area contributed by atoms with E-state index in [-0.39, 0.29) is 5.97 Å². The van der Waals surface area contributed by atoms with Crippen molar-refractivity contribution in [1.82, 2.24) is 10.6 Å². The van der Waals surface area contributed by atoms with Gasteiger partial charge < -0.3 is 15.4 Å². The maximum absolute atomic E-state index is 11.1. The Kier molecular flexibility index (Phi) is 8.42. The van der Waals surface area contributed by atoms with Gasteiger partial charge in [0.1, 0.15) is 0 Å². The largest absolute Gasteiger partial charge is 0.466 e. The Bertz CT molecular complexity index is 498. The van der Waals surface area contributed by atoms with Gasteiger partial charge in [-0.1, -0.05) is 29.3 Å². The first-order chi connectivity index (χ1) is 10.0. The maximum atomic E-state index is 11.1. The Hall–Kier alpha value is -1.04. The van der Waals surface area contributed by atoms with Gasteiger partial charge in [-0.25, -0.2) is 0 Å². The summed E-state index contributed by atoms with van der Waals surface area (Å²) in [6.45, 7) is 3.32. The second-order valence-electron chi connectivity index (χ2n) is 4.25. The predicted octanol–water partition coefficient (Wildman–Crippen LogP) is 3.30. The second kappa shape index (κ2) is 9.82. The van der Waals surface area contributed by atoms with E-state index in [1.807, 2.05) is 6.07 Å². The third-order valence-corrected chi connectivity index (χ3v) is 3.48. The Balaban J connectivity index is 2.21. The lowest BCUT2D eigenvalue weighted by molar-refractivity contribution is -0.143. The average molecular weight is 349 g/mol. The highest BCUT2D eigenvalue weighted by molar-refractivity contribution is 7.80. The quantitative estimate of drug-likeness (QED) is 0.449. The van der Waals surface area contributed by atoms with Crippen LogP contribution in [0.1, 0.15) is 25.3 Å². The first-order valence-electron chi connectivity index (χ1n) is 6.64. The Morgan fingerprint density at radius 2 is 2.10 bits per heavy atom. The van der Waals surface area contributed by atoms with Crippen LogP contribution in [0.5, 0.6) is 0 Å². The molecule has 0 aliphatic carbocycles. The zero-order chi connectivity index (χ0) is 15.7. The van der Waals surface area contributed by atoms with Crippen LogP contribution < -0.4 is 10.6 Å². The summed E-state index contributed by atoms with van der Waals surface area (Å²) < 4.78 is 4.84. The van der Waals surface area contributed by atoms with Crippen molar-refractivity contribution in [2.45, 2.75) is 26.3 Å². The molecule has 1 rings (SSSR count). The summed E-state index contributed by atoms with van der Waals surface area (Å²) in [6.07, 6.45) is 1.05. The fourth-order valence-electron chi connectivity index (χ4n) is 1.57. The monoisotopic (exact) mass is 348 g/mol. The van der Waals surface area contributed by atoms with Gasteiger partial charge in [0, 0.05) is 29.6 Å². The maximum Gasteiger partial charge on any atom is 0.305 e. The first-order valence-corrected chi connectivity index (χ1v) is 7.80. The van der Waals surface area contributed by atoms with Crippen molar-refractivity contribution in [3.05, 3.63) is 33.8 Å². The topological polar surface area (TPSA) is 50.4 Å². The molecule has 0 aliphatic rings. The number of esters is 1. The molecule has 0 amide bonds. The van der Waals surface area contributed by atoms with E-state index in [2.05, 4.69) is 10.6 Å². The van der Waals surface area contributed by atoms with Gasteiger partial charge in [-0.15, -0.1) is 0 Å². The molecule has 0 saturated carbocycles. The molecule has 21 heavy (non-hydrogen) atoms. The molecule has 7 heteroatoms. The van der Waals surface area contributed by atoms with Crippen molar-refractivity contribution in [3.63, 3.8) is 0 Å². The Labute approximate surface area is 140 Å². The summed E-state index contributed by atoms with van der Waals surface area (Å²) in [5.41, 5.74) is 0.914. The lowest BCUT2D eigenvalue weighted by Crippen LogP contribution is -2.35. The lowest BCUT2D eigenvalue weighted by Gasteiger charge is -2.11. The fourth-order valence-corrected chi connectivity index (χ4v) is 2.22. The van der Waals surface area contributed by atoms with Gasteiger partial charge in [-0.3, -0.25) is 4.79 Å². The van der Waals surface area contributed by atoms with Crippen LogP contribution in [0.3, 0.4) is 0 Å². The molecule has 0 saturated heterocycles. The summed E-state index contributed by atoms with van der Waals surface area (Å²) in [6, 6.07) is 5.32. The van der Waals surface area contributed by atoms with E-state index in [9.17, 15) is 4.79 Å². The van der Waals surface area contributed by atoms with Gasteiger partial charge in [0.05, 0.1) is 6.61 Å². The van der Waals surface area contributed by atoms with Crippen molar-refractivity contribution >= 4 is 46.5 Å². The number of ether oxygens (including phenoxy) is 1. The Morgan fingerprint density at radius 3 is 2.76 bits per heavy atom. The highest BCUT2D eigenvalue weighted by Crippen LogP contribution is 2.20. The van der Waals surface area contributed by atoms with Crippen molar-refractivity contribution < 1.29 is 9.53 Å².